The van der Waals surface area contributed by atoms with Crippen molar-refractivity contribution in [3.63, 3.8) is 0 Å². The summed E-state index contributed by atoms with van der Waals surface area (Å²) in [6, 6.07) is 2.74. The molecule has 0 spiro atoms. The van der Waals surface area contributed by atoms with Gasteiger partial charge in [0.2, 0.25) is 23.6 Å². The summed E-state index contributed by atoms with van der Waals surface area (Å²) in [4.78, 5) is 73.3. The SMILES string of the molecule is C[C@@H](O)[C@H](N)C(=O)N[C@@H](CCCNC(=N)N)C(=O)NCC(=O)N[C@@H](CC(=O)O)C(=O)N[C@@H](Cc1ccccc1)C(=O)O. The van der Waals surface area contributed by atoms with Gasteiger partial charge in [-0.15, -0.1) is 0 Å². The molecule has 0 aromatic heterocycles. The van der Waals surface area contributed by atoms with Gasteiger partial charge >= 0.3 is 11.9 Å². The highest BCUT2D eigenvalue weighted by Crippen LogP contribution is 2.05. The first kappa shape index (κ1) is 35.3. The summed E-state index contributed by atoms with van der Waals surface area (Å²) in [7, 11) is 0. The number of carboxylic acid groups (broad SMARTS) is 2. The maximum atomic E-state index is 12.8. The number of benzene rings is 1. The summed E-state index contributed by atoms with van der Waals surface area (Å²) in [5, 5.41) is 47.0. The zero-order valence-corrected chi connectivity index (χ0v) is 23.0. The van der Waals surface area contributed by atoms with Crippen LogP contribution in [0.4, 0.5) is 0 Å². The van der Waals surface area contributed by atoms with Crippen LogP contribution in [0.5, 0.6) is 0 Å². The molecule has 0 bridgehead atoms. The fourth-order valence-electron chi connectivity index (χ4n) is 3.53. The molecular weight excluding hydrogens is 556 g/mol. The predicted molar refractivity (Wildman–Crippen MR) is 148 cm³/mol. The van der Waals surface area contributed by atoms with E-state index in [0.29, 0.717) is 5.56 Å². The normalized spacial score (nSPS) is 14.2. The molecular formula is C25H38N8O9. The number of aliphatic carboxylic acids is 2. The lowest BCUT2D eigenvalue weighted by molar-refractivity contribution is -0.143. The monoisotopic (exact) mass is 594 g/mol. The van der Waals surface area contributed by atoms with Gasteiger partial charge in [-0.05, 0) is 25.3 Å². The number of amides is 4. The van der Waals surface area contributed by atoms with E-state index in [9.17, 15) is 44.1 Å². The van der Waals surface area contributed by atoms with E-state index in [2.05, 4.69) is 26.6 Å². The molecule has 13 N–H and O–H groups in total. The summed E-state index contributed by atoms with van der Waals surface area (Å²) in [6.45, 7) is 0.741. The number of nitrogens with two attached hydrogens (primary N) is 2. The van der Waals surface area contributed by atoms with Crippen molar-refractivity contribution in [2.75, 3.05) is 13.1 Å². The highest BCUT2D eigenvalue weighted by molar-refractivity contribution is 5.95. The minimum absolute atomic E-state index is 0.0219. The zero-order valence-electron chi connectivity index (χ0n) is 23.0. The summed E-state index contributed by atoms with van der Waals surface area (Å²) in [6.07, 6.45) is -1.91. The van der Waals surface area contributed by atoms with Crippen LogP contribution in [0.25, 0.3) is 0 Å². The van der Waals surface area contributed by atoms with Gasteiger partial charge in [0.05, 0.1) is 19.1 Å². The van der Waals surface area contributed by atoms with Gasteiger partial charge in [-0.3, -0.25) is 29.4 Å². The van der Waals surface area contributed by atoms with Crippen LogP contribution < -0.4 is 38.1 Å². The number of aliphatic hydroxyl groups is 1. The molecule has 1 rings (SSSR count). The molecule has 1 aromatic carbocycles. The number of aliphatic hydroxyl groups excluding tert-OH is 1. The van der Waals surface area contributed by atoms with E-state index < -0.39 is 78.8 Å². The van der Waals surface area contributed by atoms with Crippen LogP contribution in [0, 0.1) is 5.41 Å². The zero-order chi connectivity index (χ0) is 31.8. The van der Waals surface area contributed by atoms with E-state index in [-0.39, 0.29) is 31.8 Å². The Morgan fingerprint density at radius 1 is 0.881 bits per heavy atom. The fourth-order valence-corrected chi connectivity index (χ4v) is 3.53. The second kappa shape index (κ2) is 17.8. The van der Waals surface area contributed by atoms with E-state index in [4.69, 9.17) is 16.9 Å². The molecule has 0 saturated heterocycles. The Morgan fingerprint density at radius 2 is 1.50 bits per heavy atom. The van der Waals surface area contributed by atoms with Gasteiger partial charge in [0, 0.05) is 13.0 Å². The standard InChI is InChI=1S/C25H38N8O9/c1-13(34)20(26)23(40)32-15(8-5-9-29-25(27)28)21(38)30-12-18(35)31-16(11-19(36)37)22(39)33-17(24(41)42)10-14-6-3-2-4-7-14/h2-4,6-7,13,15-17,20,34H,5,8-12,26H2,1H3,(H,30,38)(H,31,35)(H,32,40)(H,33,39)(H,36,37)(H,41,42)(H4,27,28,29)/t13-,15+,16+,17+,20+/m1/s1. The van der Waals surface area contributed by atoms with Crippen LogP contribution in [0.3, 0.4) is 0 Å². The Balaban J connectivity index is 2.85. The smallest absolute Gasteiger partial charge is 0.326 e. The van der Waals surface area contributed by atoms with Gasteiger partial charge in [0.25, 0.3) is 0 Å². The van der Waals surface area contributed by atoms with Crippen LogP contribution in [-0.4, -0.2) is 100 Å². The third-order valence-electron chi connectivity index (χ3n) is 5.79. The molecule has 17 nitrogen and oxygen atoms in total. The van der Waals surface area contributed by atoms with E-state index >= 15 is 0 Å². The first-order valence-corrected chi connectivity index (χ1v) is 12.9. The van der Waals surface area contributed by atoms with Crippen LogP contribution >= 0.6 is 0 Å². The molecule has 5 atom stereocenters. The van der Waals surface area contributed by atoms with Gasteiger partial charge < -0.3 is 53.4 Å². The summed E-state index contributed by atoms with van der Waals surface area (Å²) >= 11 is 0. The minimum atomic E-state index is -1.67. The van der Waals surface area contributed by atoms with E-state index in [1.54, 1.807) is 30.3 Å². The number of guanidine groups is 1. The third-order valence-corrected chi connectivity index (χ3v) is 5.79. The van der Waals surface area contributed by atoms with Crippen molar-refractivity contribution in [2.24, 2.45) is 11.5 Å². The lowest BCUT2D eigenvalue weighted by Gasteiger charge is -2.22. The predicted octanol–water partition coefficient (Wildman–Crippen LogP) is -3.67. The number of carbonyl (C=O) groups excluding carboxylic acids is 4. The molecule has 1 aromatic rings. The van der Waals surface area contributed by atoms with Crippen molar-refractivity contribution < 1.29 is 44.1 Å². The number of nitrogens with one attached hydrogen (secondary N) is 6. The molecule has 0 fully saturated rings. The Bertz CT molecular complexity index is 1120. The topological polar surface area (TPSA) is 299 Å². The van der Waals surface area contributed by atoms with Gasteiger partial charge in [-0.2, -0.15) is 0 Å². The van der Waals surface area contributed by atoms with Crippen molar-refractivity contribution in [3.8, 4) is 0 Å². The Labute approximate surface area is 241 Å². The quantitative estimate of drug-likeness (QED) is 0.0445. The lowest BCUT2D eigenvalue weighted by Crippen LogP contribution is -2.56. The van der Waals surface area contributed by atoms with Crippen molar-refractivity contribution in [3.05, 3.63) is 35.9 Å². The lowest BCUT2D eigenvalue weighted by atomic mass is 10.1. The van der Waals surface area contributed by atoms with Crippen LogP contribution in [0.1, 0.15) is 31.7 Å². The number of carbonyl (C=O) groups is 6. The number of carboxylic acids is 2. The minimum Gasteiger partial charge on any atom is -0.481 e. The molecule has 0 heterocycles. The van der Waals surface area contributed by atoms with Gasteiger partial charge in [-0.1, -0.05) is 30.3 Å². The largest absolute Gasteiger partial charge is 0.481 e. The summed E-state index contributed by atoms with van der Waals surface area (Å²) in [5.41, 5.74) is 11.4. The van der Waals surface area contributed by atoms with E-state index in [1.165, 1.54) is 6.92 Å². The summed E-state index contributed by atoms with van der Waals surface area (Å²) < 4.78 is 0. The Morgan fingerprint density at radius 3 is 2.05 bits per heavy atom. The molecule has 0 aliphatic heterocycles. The van der Waals surface area contributed by atoms with Crippen molar-refractivity contribution in [1.29, 1.82) is 5.41 Å². The maximum Gasteiger partial charge on any atom is 0.326 e. The first-order chi connectivity index (χ1) is 19.7. The summed E-state index contributed by atoms with van der Waals surface area (Å²) in [5.74, 6) is -6.82. The maximum absolute atomic E-state index is 12.8. The molecule has 4 amide bonds. The second-order valence-electron chi connectivity index (χ2n) is 9.34. The molecule has 17 heteroatoms. The van der Waals surface area contributed by atoms with E-state index in [0.717, 1.165) is 0 Å². The Hall–Kier alpha value is -4.77. The second-order valence-corrected chi connectivity index (χ2v) is 9.34. The van der Waals surface area contributed by atoms with Crippen LogP contribution in [0.15, 0.2) is 30.3 Å². The van der Waals surface area contributed by atoms with Crippen molar-refractivity contribution in [1.82, 2.24) is 26.6 Å². The molecule has 0 aliphatic rings. The molecule has 0 radical (unpaired) electrons. The van der Waals surface area contributed by atoms with Gasteiger partial charge in [0.1, 0.15) is 24.2 Å². The van der Waals surface area contributed by atoms with Gasteiger partial charge in [-0.25, -0.2) is 4.79 Å². The fraction of sp³-hybridized carbons (Fsp3) is 0.480. The van der Waals surface area contributed by atoms with Crippen molar-refractivity contribution >= 4 is 41.5 Å². The van der Waals surface area contributed by atoms with Crippen LogP contribution in [0.2, 0.25) is 0 Å². The number of hydrogen-bond donors (Lipinski definition) is 11. The first-order valence-electron chi connectivity index (χ1n) is 12.9. The molecule has 0 aliphatic carbocycles. The number of hydrogen-bond acceptors (Lipinski definition) is 9. The molecule has 232 valence electrons. The third kappa shape index (κ3) is 13.5. The van der Waals surface area contributed by atoms with Crippen molar-refractivity contribution in [2.45, 2.75) is 62.9 Å². The average Bonchev–Trinajstić information content (AvgIpc) is 2.92. The molecule has 0 unspecified atom stereocenters. The average molecular weight is 595 g/mol. The number of rotatable bonds is 18. The highest BCUT2D eigenvalue weighted by atomic mass is 16.4. The molecule has 42 heavy (non-hydrogen) atoms. The highest BCUT2D eigenvalue weighted by Gasteiger charge is 2.30. The van der Waals surface area contributed by atoms with Crippen LogP contribution in [-0.2, 0) is 35.2 Å². The van der Waals surface area contributed by atoms with E-state index in [1.807, 2.05) is 0 Å². The Kier molecular flexibility index (Phi) is 15.0. The van der Waals surface area contributed by atoms with Gasteiger partial charge in [0.15, 0.2) is 5.96 Å². The molecule has 0 saturated carbocycles.